The molecule has 0 spiro atoms. The Balaban J connectivity index is 1.60. The van der Waals surface area contributed by atoms with Crippen molar-refractivity contribution in [2.75, 3.05) is 19.8 Å². The van der Waals surface area contributed by atoms with E-state index < -0.39 is 14.4 Å². The molecule has 1 heterocycles. The molecule has 2 aromatic rings. The van der Waals surface area contributed by atoms with Gasteiger partial charge in [0.1, 0.15) is 0 Å². The highest BCUT2D eigenvalue weighted by molar-refractivity contribution is 6.99. The van der Waals surface area contributed by atoms with Crippen LogP contribution in [-0.2, 0) is 13.9 Å². The van der Waals surface area contributed by atoms with Gasteiger partial charge < -0.3 is 19.0 Å². The monoisotopic (exact) mass is 468 g/mol. The van der Waals surface area contributed by atoms with Gasteiger partial charge in [-0.25, -0.2) is 0 Å². The lowest BCUT2D eigenvalue weighted by Crippen LogP contribution is -2.67. The Morgan fingerprint density at radius 1 is 1.00 bits per heavy atom. The molecule has 4 nitrogen and oxygen atoms in total. The summed E-state index contributed by atoms with van der Waals surface area (Å²) in [5.74, 6) is 0. The van der Waals surface area contributed by atoms with Crippen LogP contribution in [0.1, 0.15) is 52.9 Å². The molecule has 0 amide bonds. The zero-order chi connectivity index (χ0) is 23.6. The fourth-order valence-electron chi connectivity index (χ4n) is 4.53. The smallest absolute Gasteiger partial charge is 0.261 e. The van der Waals surface area contributed by atoms with Crippen molar-refractivity contribution in [3.63, 3.8) is 0 Å². The second-order valence-electron chi connectivity index (χ2n) is 9.79. The third-order valence-electron chi connectivity index (χ3n) is 6.21. The molecule has 2 aromatic carbocycles. The lowest BCUT2D eigenvalue weighted by molar-refractivity contribution is -0.161. The summed E-state index contributed by atoms with van der Waals surface area (Å²) in [5, 5.41) is 13.1. The number of hydrogen-bond donors (Lipinski definition) is 1. The molecule has 1 N–H and O–H groups in total. The minimum absolute atomic E-state index is 0.0439. The van der Waals surface area contributed by atoms with E-state index >= 15 is 0 Å². The van der Waals surface area contributed by atoms with Crippen LogP contribution in [0.3, 0.4) is 0 Å². The fraction of sp³-hybridized carbons (Fsp3) is 0.500. The van der Waals surface area contributed by atoms with Crippen LogP contribution < -0.4 is 10.4 Å². The minimum Gasteiger partial charge on any atom is -0.405 e. The number of ether oxygens (including phenoxy) is 2. The van der Waals surface area contributed by atoms with E-state index in [1.165, 1.54) is 16.8 Å². The van der Waals surface area contributed by atoms with Gasteiger partial charge in [-0.3, -0.25) is 0 Å². The van der Waals surface area contributed by atoms with Crippen molar-refractivity contribution in [1.82, 2.24) is 0 Å². The molecule has 2 atom stereocenters. The fourth-order valence-corrected chi connectivity index (χ4v) is 9.13. The maximum atomic E-state index is 10.7. The molecule has 2 unspecified atom stereocenters. The molecule has 33 heavy (non-hydrogen) atoms. The maximum Gasteiger partial charge on any atom is 0.261 e. The van der Waals surface area contributed by atoms with E-state index in [0.29, 0.717) is 19.6 Å². The first-order valence-electron chi connectivity index (χ1n) is 12.2. The van der Waals surface area contributed by atoms with Gasteiger partial charge in [-0.05, 0) is 47.5 Å². The largest absolute Gasteiger partial charge is 0.405 e. The van der Waals surface area contributed by atoms with Crippen molar-refractivity contribution in [1.29, 1.82) is 0 Å². The molecule has 1 aliphatic rings. The van der Waals surface area contributed by atoms with E-state index in [0.717, 1.165) is 25.9 Å². The summed E-state index contributed by atoms with van der Waals surface area (Å²) in [6, 6.07) is 21.1. The van der Waals surface area contributed by atoms with Crippen LogP contribution in [-0.4, -0.2) is 45.6 Å². The van der Waals surface area contributed by atoms with Crippen molar-refractivity contribution in [2.45, 2.75) is 70.3 Å². The number of aliphatic hydroxyl groups is 1. The highest BCUT2D eigenvalue weighted by Crippen LogP contribution is 2.36. The van der Waals surface area contributed by atoms with E-state index in [-0.39, 0.29) is 11.3 Å². The van der Waals surface area contributed by atoms with Gasteiger partial charge in [0.2, 0.25) is 0 Å². The summed E-state index contributed by atoms with van der Waals surface area (Å²) in [4.78, 5) is 0. The highest BCUT2D eigenvalue weighted by atomic mass is 28.4. The molecular weight excluding hydrogens is 428 g/mol. The van der Waals surface area contributed by atoms with Crippen molar-refractivity contribution in [3.8, 4) is 0 Å². The van der Waals surface area contributed by atoms with E-state index in [9.17, 15) is 5.11 Å². The normalized spacial score (nSPS) is 18.5. The van der Waals surface area contributed by atoms with Crippen molar-refractivity contribution in [3.05, 3.63) is 72.8 Å². The number of rotatable bonds is 11. The van der Waals surface area contributed by atoms with Crippen molar-refractivity contribution in [2.24, 2.45) is 0 Å². The van der Waals surface area contributed by atoms with Crippen LogP contribution in [0.5, 0.6) is 0 Å². The van der Waals surface area contributed by atoms with E-state index in [1.54, 1.807) is 0 Å². The number of hydrogen-bond acceptors (Lipinski definition) is 4. The molecule has 0 aromatic heterocycles. The van der Waals surface area contributed by atoms with Gasteiger partial charge in [0.05, 0.1) is 19.3 Å². The summed E-state index contributed by atoms with van der Waals surface area (Å²) < 4.78 is 18.1. The number of benzene rings is 2. The minimum atomic E-state index is -2.61. The first kappa shape index (κ1) is 25.9. The highest BCUT2D eigenvalue weighted by Gasteiger charge is 2.50. The van der Waals surface area contributed by atoms with Crippen molar-refractivity contribution >= 4 is 18.7 Å². The predicted octanol–water partition coefficient (Wildman–Crippen LogP) is 4.80. The zero-order valence-corrected chi connectivity index (χ0v) is 21.4. The Hall–Kier alpha value is -1.76. The molecular formula is C28H40O4Si. The van der Waals surface area contributed by atoms with Crippen LogP contribution in [0.2, 0.25) is 5.04 Å². The average molecular weight is 469 g/mol. The van der Waals surface area contributed by atoms with Gasteiger partial charge in [-0.1, -0.05) is 93.6 Å². The lowest BCUT2D eigenvalue weighted by atomic mass is 10.2. The van der Waals surface area contributed by atoms with Crippen molar-refractivity contribution < 1.29 is 19.0 Å². The molecule has 0 saturated carbocycles. The second kappa shape index (κ2) is 12.6. The SMILES string of the molecule is CC(C)(C)[Si](OCC(O)C/C=C\CCOC1CCCCO1)(c1ccccc1)c1ccccc1. The van der Waals surface area contributed by atoms with Gasteiger partial charge >= 0.3 is 0 Å². The molecule has 1 aliphatic heterocycles. The second-order valence-corrected chi connectivity index (χ2v) is 14.1. The molecule has 3 rings (SSSR count). The van der Waals surface area contributed by atoms with Crippen LogP contribution in [0, 0.1) is 0 Å². The van der Waals surface area contributed by atoms with Gasteiger partial charge in [0.25, 0.3) is 8.32 Å². The van der Waals surface area contributed by atoms with Crippen LogP contribution in [0.25, 0.3) is 0 Å². The molecule has 0 radical (unpaired) electrons. The molecule has 180 valence electrons. The Labute approximate surface area is 200 Å². The first-order chi connectivity index (χ1) is 15.9. The van der Waals surface area contributed by atoms with Gasteiger partial charge in [-0.2, -0.15) is 0 Å². The van der Waals surface area contributed by atoms with Gasteiger partial charge in [0.15, 0.2) is 6.29 Å². The standard InChI is InChI=1S/C28H40O4Si/c1-28(2,3)33(25-16-8-4-9-17-25,26-18-10-5-11-19-26)32-23-24(29)15-7-6-13-21-30-27-20-12-14-22-31-27/h4-11,16-19,24,27,29H,12-15,20-23H2,1-3H3/b7-6-. The number of aliphatic hydroxyl groups excluding tert-OH is 1. The quantitative estimate of drug-likeness (QED) is 0.292. The Kier molecular flexibility index (Phi) is 9.89. The predicted molar refractivity (Wildman–Crippen MR) is 137 cm³/mol. The van der Waals surface area contributed by atoms with Gasteiger partial charge in [0, 0.05) is 6.61 Å². The van der Waals surface area contributed by atoms with E-state index in [1.807, 2.05) is 18.2 Å². The topological polar surface area (TPSA) is 47.9 Å². The van der Waals surface area contributed by atoms with Gasteiger partial charge in [-0.15, -0.1) is 0 Å². The summed E-state index contributed by atoms with van der Waals surface area (Å²) in [7, 11) is -2.61. The lowest BCUT2D eigenvalue weighted by Gasteiger charge is -2.43. The Morgan fingerprint density at radius 2 is 1.64 bits per heavy atom. The Bertz CT molecular complexity index is 786. The summed E-state index contributed by atoms with van der Waals surface area (Å²) >= 11 is 0. The Morgan fingerprint density at radius 3 is 2.18 bits per heavy atom. The molecule has 0 aliphatic carbocycles. The average Bonchev–Trinajstić information content (AvgIpc) is 2.83. The molecule has 0 bridgehead atoms. The third kappa shape index (κ3) is 7.11. The summed E-state index contributed by atoms with van der Waals surface area (Å²) in [6.07, 6.45) is 8.20. The zero-order valence-electron chi connectivity index (χ0n) is 20.4. The van der Waals surface area contributed by atoms with E-state index in [2.05, 4.69) is 75.4 Å². The van der Waals surface area contributed by atoms with Crippen LogP contribution in [0.4, 0.5) is 0 Å². The maximum absolute atomic E-state index is 10.7. The first-order valence-corrected chi connectivity index (χ1v) is 14.2. The summed E-state index contributed by atoms with van der Waals surface area (Å²) in [5.41, 5.74) is 0. The van der Waals surface area contributed by atoms with Crippen LogP contribution >= 0.6 is 0 Å². The molecule has 5 heteroatoms. The van der Waals surface area contributed by atoms with E-state index in [4.69, 9.17) is 13.9 Å². The van der Waals surface area contributed by atoms with Crippen LogP contribution in [0.15, 0.2) is 72.8 Å². The summed E-state index contributed by atoms with van der Waals surface area (Å²) in [6.45, 7) is 8.52. The molecule has 1 fully saturated rings. The molecule has 1 saturated heterocycles. The third-order valence-corrected chi connectivity index (χ3v) is 11.2.